The molecule has 0 aliphatic heterocycles. The summed E-state index contributed by atoms with van der Waals surface area (Å²) < 4.78 is 0. The van der Waals surface area contributed by atoms with E-state index >= 15 is 0 Å². The van der Waals surface area contributed by atoms with Crippen LogP contribution >= 0.6 is 0 Å². The first kappa shape index (κ1) is 22.2. The number of rotatable bonds is 13. The van der Waals surface area contributed by atoms with Gasteiger partial charge in [0, 0.05) is 11.4 Å². The van der Waals surface area contributed by atoms with Crippen LogP contribution in [0.5, 0.6) is 0 Å². The number of aliphatic hydroxyl groups excluding tert-OH is 1. The molecule has 0 bridgehead atoms. The van der Waals surface area contributed by atoms with Crippen LogP contribution in [0.4, 0.5) is 5.69 Å². The zero-order valence-electron chi connectivity index (χ0n) is 17.7. The van der Waals surface area contributed by atoms with Gasteiger partial charge in [0.25, 0.3) is 0 Å². The van der Waals surface area contributed by atoms with Crippen LogP contribution in [0.25, 0.3) is 0 Å². The van der Waals surface area contributed by atoms with Gasteiger partial charge in [0.2, 0.25) is 0 Å². The van der Waals surface area contributed by atoms with Gasteiger partial charge in [-0.05, 0) is 54.5 Å². The van der Waals surface area contributed by atoms with Gasteiger partial charge in [0.1, 0.15) is 6.10 Å². The summed E-state index contributed by atoms with van der Waals surface area (Å²) in [5.41, 5.74) is 5.15. The third kappa shape index (κ3) is 7.52. The Morgan fingerprint density at radius 3 is 1.86 bits per heavy atom. The van der Waals surface area contributed by atoms with Crippen LogP contribution in [0.15, 0.2) is 60.8 Å². The second kappa shape index (κ2) is 12.4. The minimum absolute atomic E-state index is 0.606. The lowest BCUT2D eigenvalue weighted by Crippen LogP contribution is -2.09. The number of anilines is 1. The number of nitrogens with one attached hydrogen (secondary N) is 1. The van der Waals surface area contributed by atoms with Crippen molar-refractivity contribution in [1.29, 1.82) is 0 Å². The molecule has 0 heterocycles. The normalized spacial score (nSPS) is 12.0. The molecule has 0 aliphatic carbocycles. The summed E-state index contributed by atoms with van der Waals surface area (Å²) in [4.78, 5) is 0. The van der Waals surface area contributed by atoms with E-state index in [9.17, 15) is 5.11 Å². The Morgan fingerprint density at radius 1 is 0.786 bits per heavy atom. The molecule has 0 aliphatic rings. The van der Waals surface area contributed by atoms with Crippen LogP contribution in [0, 0.1) is 0 Å². The van der Waals surface area contributed by atoms with E-state index in [0.717, 1.165) is 24.1 Å². The van der Waals surface area contributed by atoms with Crippen molar-refractivity contribution in [2.24, 2.45) is 0 Å². The molecule has 1 unspecified atom stereocenters. The second-order valence-electron chi connectivity index (χ2n) is 7.76. The summed E-state index contributed by atoms with van der Waals surface area (Å²) in [6.45, 7) is 8.50. The monoisotopic (exact) mass is 379 g/mol. The fraction of sp³-hybridized carbons (Fsp3) is 0.462. The Bertz CT molecular complexity index is 687. The molecule has 28 heavy (non-hydrogen) atoms. The first-order chi connectivity index (χ1) is 13.6. The zero-order valence-corrected chi connectivity index (χ0v) is 17.7. The molecule has 0 amide bonds. The third-order valence-electron chi connectivity index (χ3n) is 5.27. The predicted molar refractivity (Wildman–Crippen MR) is 122 cm³/mol. The van der Waals surface area contributed by atoms with Crippen molar-refractivity contribution in [1.82, 2.24) is 0 Å². The molecule has 2 N–H and O–H groups in total. The summed E-state index contributed by atoms with van der Waals surface area (Å²) in [6.07, 6.45) is 10.4. The topological polar surface area (TPSA) is 32.3 Å². The van der Waals surface area contributed by atoms with Crippen molar-refractivity contribution in [2.75, 3.05) is 5.32 Å². The maximum Gasteiger partial charge on any atom is 0.118 e. The van der Waals surface area contributed by atoms with Crippen molar-refractivity contribution in [2.45, 2.75) is 77.7 Å². The minimum Gasteiger partial charge on any atom is -0.382 e. The molecule has 0 aromatic heterocycles. The van der Waals surface area contributed by atoms with Crippen LogP contribution in [-0.2, 0) is 12.8 Å². The van der Waals surface area contributed by atoms with Crippen LogP contribution in [0.1, 0.15) is 81.6 Å². The SMILES string of the molecule is C=C(Nc1ccc(CCCCC)cc1)C(O)c1ccc(CCCCCC)cc1. The minimum atomic E-state index is -0.710. The van der Waals surface area contributed by atoms with Gasteiger partial charge in [-0.2, -0.15) is 0 Å². The van der Waals surface area contributed by atoms with Gasteiger partial charge >= 0.3 is 0 Å². The largest absolute Gasteiger partial charge is 0.382 e. The molecular weight excluding hydrogens is 342 g/mol. The van der Waals surface area contributed by atoms with Crippen molar-refractivity contribution in [3.05, 3.63) is 77.5 Å². The molecule has 0 spiro atoms. The first-order valence-corrected chi connectivity index (χ1v) is 11.0. The number of aryl methyl sites for hydroxylation is 2. The lowest BCUT2D eigenvalue weighted by Gasteiger charge is -2.17. The number of hydrogen-bond donors (Lipinski definition) is 2. The van der Waals surface area contributed by atoms with E-state index in [0.29, 0.717) is 5.70 Å². The van der Waals surface area contributed by atoms with Crippen molar-refractivity contribution in [3.8, 4) is 0 Å². The molecule has 2 rings (SSSR count). The Labute approximate surface area is 171 Å². The van der Waals surface area contributed by atoms with E-state index in [4.69, 9.17) is 0 Å². The molecule has 152 valence electrons. The molecule has 2 heteroatoms. The van der Waals surface area contributed by atoms with Crippen molar-refractivity contribution < 1.29 is 5.11 Å². The Balaban J connectivity index is 1.84. The van der Waals surface area contributed by atoms with Gasteiger partial charge in [-0.15, -0.1) is 0 Å². The van der Waals surface area contributed by atoms with Crippen molar-refractivity contribution >= 4 is 5.69 Å². The number of unbranched alkanes of at least 4 members (excludes halogenated alkanes) is 5. The smallest absolute Gasteiger partial charge is 0.118 e. The highest BCUT2D eigenvalue weighted by atomic mass is 16.3. The molecule has 2 aromatic rings. The van der Waals surface area contributed by atoms with Gasteiger partial charge < -0.3 is 10.4 Å². The summed E-state index contributed by atoms with van der Waals surface area (Å²) in [5, 5.41) is 13.9. The summed E-state index contributed by atoms with van der Waals surface area (Å²) in [5.74, 6) is 0. The van der Waals surface area contributed by atoms with E-state index in [1.807, 2.05) is 12.1 Å². The van der Waals surface area contributed by atoms with Gasteiger partial charge in [-0.25, -0.2) is 0 Å². The lowest BCUT2D eigenvalue weighted by molar-refractivity contribution is 0.217. The maximum atomic E-state index is 10.6. The van der Waals surface area contributed by atoms with Crippen LogP contribution in [-0.4, -0.2) is 5.11 Å². The van der Waals surface area contributed by atoms with Gasteiger partial charge in [-0.1, -0.05) is 88.9 Å². The number of aliphatic hydroxyl groups is 1. The lowest BCUT2D eigenvalue weighted by atomic mass is 10.0. The molecule has 2 aromatic carbocycles. The van der Waals surface area contributed by atoms with E-state index in [-0.39, 0.29) is 0 Å². The molecule has 2 nitrogen and oxygen atoms in total. The highest BCUT2D eigenvalue weighted by molar-refractivity contribution is 5.50. The molecule has 0 saturated heterocycles. The highest BCUT2D eigenvalue weighted by Crippen LogP contribution is 2.23. The summed E-state index contributed by atoms with van der Waals surface area (Å²) >= 11 is 0. The average Bonchev–Trinajstić information content (AvgIpc) is 2.72. The van der Waals surface area contributed by atoms with E-state index in [1.54, 1.807) is 0 Å². The van der Waals surface area contributed by atoms with Crippen LogP contribution in [0.3, 0.4) is 0 Å². The summed E-state index contributed by atoms with van der Waals surface area (Å²) in [7, 11) is 0. The van der Waals surface area contributed by atoms with E-state index < -0.39 is 6.10 Å². The molecule has 0 fully saturated rings. The Hall–Kier alpha value is -2.06. The predicted octanol–water partition coefficient (Wildman–Crippen LogP) is 7.20. The maximum absolute atomic E-state index is 10.6. The zero-order chi connectivity index (χ0) is 20.2. The Morgan fingerprint density at radius 2 is 1.29 bits per heavy atom. The average molecular weight is 380 g/mol. The van der Waals surface area contributed by atoms with Crippen molar-refractivity contribution in [3.63, 3.8) is 0 Å². The Kier molecular flexibility index (Phi) is 9.85. The molecule has 0 saturated carbocycles. The van der Waals surface area contributed by atoms with E-state index in [2.05, 4.69) is 62.1 Å². The van der Waals surface area contributed by atoms with Crippen LogP contribution in [0.2, 0.25) is 0 Å². The van der Waals surface area contributed by atoms with Gasteiger partial charge in [0.15, 0.2) is 0 Å². The number of hydrogen-bond acceptors (Lipinski definition) is 2. The highest BCUT2D eigenvalue weighted by Gasteiger charge is 2.12. The van der Waals surface area contributed by atoms with Gasteiger partial charge in [-0.3, -0.25) is 0 Å². The third-order valence-corrected chi connectivity index (χ3v) is 5.27. The second-order valence-corrected chi connectivity index (χ2v) is 7.76. The summed E-state index contributed by atoms with van der Waals surface area (Å²) in [6, 6.07) is 16.7. The molecular formula is C26H37NO. The fourth-order valence-corrected chi connectivity index (χ4v) is 3.41. The molecule has 1 atom stereocenters. The number of benzene rings is 2. The van der Waals surface area contributed by atoms with Crippen LogP contribution < -0.4 is 5.32 Å². The first-order valence-electron chi connectivity index (χ1n) is 11.0. The fourth-order valence-electron chi connectivity index (χ4n) is 3.41. The molecule has 0 radical (unpaired) electrons. The quantitative estimate of drug-likeness (QED) is 0.361. The van der Waals surface area contributed by atoms with E-state index in [1.165, 1.54) is 56.1 Å². The standard InChI is InChI=1S/C26H37NO/c1-4-6-8-10-12-22-13-17-24(18-14-22)26(28)21(3)27-25-19-15-23(16-20-25)11-9-7-5-2/h13-20,26-28H,3-12H2,1-2H3. The van der Waals surface area contributed by atoms with Gasteiger partial charge in [0.05, 0.1) is 0 Å².